The van der Waals surface area contributed by atoms with Crippen LogP contribution in [0.3, 0.4) is 0 Å². The Hall–Kier alpha value is -2.07. The first kappa shape index (κ1) is 14.3. The van der Waals surface area contributed by atoms with Crippen molar-refractivity contribution in [3.8, 4) is 11.5 Å². The molecule has 4 heteroatoms. The lowest BCUT2D eigenvalue weighted by molar-refractivity contribution is 0.477. The number of rotatable bonds is 3. The van der Waals surface area contributed by atoms with Gasteiger partial charge in [-0.25, -0.2) is 10.8 Å². The van der Waals surface area contributed by atoms with Crippen LogP contribution in [-0.4, -0.2) is 4.98 Å². The molecule has 0 fully saturated rings. The molecule has 0 spiro atoms. The molecule has 0 aliphatic carbocycles. The maximum absolute atomic E-state index is 5.88. The molecule has 0 aliphatic rings. The molecule has 0 bridgehead atoms. The number of nitrogen functional groups attached to an aromatic ring is 1. The molecule has 0 atom stereocenters. The third kappa shape index (κ3) is 3.27. The zero-order valence-electron chi connectivity index (χ0n) is 12.4. The highest BCUT2D eigenvalue weighted by Crippen LogP contribution is 2.30. The SMILES string of the molecule is Cc1cc(C(C)(C)C)ccc1Oc1ccnc(NN)c1. The second-order valence-corrected chi connectivity index (χ2v) is 5.85. The van der Waals surface area contributed by atoms with E-state index in [1.54, 1.807) is 18.3 Å². The number of anilines is 1. The quantitative estimate of drug-likeness (QED) is 0.659. The van der Waals surface area contributed by atoms with Gasteiger partial charge >= 0.3 is 0 Å². The van der Waals surface area contributed by atoms with Crippen LogP contribution >= 0.6 is 0 Å². The molecule has 3 N–H and O–H groups in total. The lowest BCUT2D eigenvalue weighted by Gasteiger charge is -2.20. The molecule has 2 rings (SSSR count). The van der Waals surface area contributed by atoms with E-state index < -0.39 is 0 Å². The van der Waals surface area contributed by atoms with E-state index in [0.29, 0.717) is 11.6 Å². The Bertz CT molecular complexity index is 603. The van der Waals surface area contributed by atoms with Gasteiger partial charge in [0.15, 0.2) is 0 Å². The van der Waals surface area contributed by atoms with Gasteiger partial charge in [0, 0.05) is 12.3 Å². The Morgan fingerprint density at radius 3 is 2.50 bits per heavy atom. The van der Waals surface area contributed by atoms with Crippen LogP contribution in [0.15, 0.2) is 36.5 Å². The summed E-state index contributed by atoms with van der Waals surface area (Å²) in [7, 11) is 0. The van der Waals surface area contributed by atoms with E-state index in [-0.39, 0.29) is 5.41 Å². The Kier molecular flexibility index (Phi) is 3.95. The van der Waals surface area contributed by atoms with Gasteiger partial charge in [-0.15, -0.1) is 0 Å². The summed E-state index contributed by atoms with van der Waals surface area (Å²) >= 11 is 0. The van der Waals surface area contributed by atoms with Crippen molar-refractivity contribution in [2.45, 2.75) is 33.1 Å². The van der Waals surface area contributed by atoms with Crippen LogP contribution < -0.4 is 16.0 Å². The van der Waals surface area contributed by atoms with Crippen molar-refractivity contribution in [3.05, 3.63) is 47.7 Å². The van der Waals surface area contributed by atoms with Gasteiger partial charge in [0.2, 0.25) is 0 Å². The molecular formula is C16H21N3O. The van der Waals surface area contributed by atoms with E-state index in [1.807, 2.05) is 13.0 Å². The Morgan fingerprint density at radius 1 is 1.15 bits per heavy atom. The van der Waals surface area contributed by atoms with Gasteiger partial charge in [-0.1, -0.05) is 32.9 Å². The van der Waals surface area contributed by atoms with Gasteiger partial charge in [-0.05, 0) is 35.6 Å². The smallest absolute Gasteiger partial charge is 0.143 e. The van der Waals surface area contributed by atoms with Crippen LogP contribution in [0.1, 0.15) is 31.9 Å². The van der Waals surface area contributed by atoms with Crippen molar-refractivity contribution >= 4 is 5.82 Å². The van der Waals surface area contributed by atoms with Gasteiger partial charge in [0.25, 0.3) is 0 Å². The van der Waals surface area contributed by atoms with E-state index in [9.17, 15) is 0 Å². The first-order valence-electron chi connectivity index (χ1n) is 6.62. The first-order chi connectivity index (χ1) is 9.40. The third-order valence-electron chi connectivity index (χ3n) is 3.15. The normalized spacial score (nSPS) is 11.2. The van der Waals surface area contributed by atoms with E-state index in [4.69, 9.17) is 10.6 Å². The molecule has 1 aromatic carbocycles. The molecule has 4 nitrogen and oxygen atoms in total. The number of nitrogens with two attached hydrogens (primary N) is 1. The zero-order valence-corrected chi connectivity index (χ0v) is 12.4. The summed E-state index contributed by atoms with van der Waals surface area (Å²) in [5.41, 5.74) is 5.04. The molecule has 106 valence electrons. The van der Waals surface area contributed by atoms with Crippen molar-refractivity contribution in [3.63, 3.8) is 0 Å². The highest BCUT2D eigenvalue weighted by Gasteiger charge is 2.15. The first-order valence-corrected chi connectivity index (χ1v) is 6.62. The largest absolute Gasteiger partial charge is 0.457 e. The number of nitrogens with zero attached hydrogens (tertiary/aromatic N) is 1. The van der Waals surface area contributed by atoms with E-state index in [1.165, 1.54) is 5.56 Å². The van der Waals surface area contributed by atoms with Crippen molar-refractivity contribution in [1.82, 2.24) is 4.98 Å². The minimum absolute atomic E-state index is 0.136. The molecular weight excluding hydrogens is 250 g/mol. The van der Waals surface area contributed by atoms with Crippen molar-refractivity contribution < 1.29 is 4.74 Å². The molecule has 2 aromatic rings. The predicted octanol–water partition coefficient (Wildman–Crippen LogP) is 3.77. The second-order valence-electron chi connectivity index (χ2n) is 5.85. The fourth-order valence-electron chi connectivity index (χ4n) is 1.91. The number of hydrazine groups is 1. The number of hydrogen-bond acceptors (Lipinski definition) is 4. The standard InChI is InChI=1S/C16H21N3O/c1-11-9-12(16(2,3)4)5-6-14(11)20-13-7-8-18-15(10-13)19-17/h5-10H,17H2,1-4H3,(H,18,19). The van der Waals surface area contributed by atoms with Crippen molar-refractivity contribution in [2.24, 2.45) is 5.84 Å². The number of nitrogens with one attached hydrogen (secondary N) is 1. The minimum atomic E-state index is 0.136. The monoisotopic (exact) mass is 271 g/mol. The summed E-state index contributed by atoms with van der Waals surface area (Å²) in [5, 5.41) is 0. The number of benzene rings is 1. The summed E-state index contributed by atoms with van der Waals surface area (Å²) in [6.07, 6.45) is 1.66. The molecule has 1 aromatic heterocycles. The Balaban J connectivity index is 2.25. The Labute approximate surface area is 120 Å². The number of aryl methyl sites for hydroxylation is 1. The lowest BCUT2D eigenvalue weighted by Crippen LogP contribution is -2.11. The maximum Gasteiger partial charge on any atom is 0.143 e. The van der Waals surface area contributed by atoms with Crippen LogP contribution in [0.5, 0.6) is 11.5 Å². The molecule has 0 saturated heterocycles. The topological polar surface area (TPSA) is 60.2 Å². The number of aromatic nitrogens is 1. The van der Waals surface area contributed by atoms with E-state index in [2.05, 4.69) is 43.3 Å². The van der Waals surface area contributed by atoms with Gasteiger partial charge in [0.05, 0.1) is 0 Å². The van der Waals surface area contributed by atoms with Gasteiger partial charge in [-0.3, -0.25) is 0 Å². The number of pyridine rings is 1. The van der Waals surface area contributed by atoms with Crippen LogP contribution in [0, 0.1) is 6.92 Å². The highest BCUT2D eigenvalue weighted by atomic mass is 16.5. The van der Waals surface area contributed by atoms with E-state index in [0.717, 1.165) is 11.3 Å². The van der Waals surface area contributed by atoms with Crippen LogP contribution in [0.25, 0.3) is 0 Å². The lowest BCUT2D eigenvalue weighted by atomic mass is 9.86. The minimum Gasteiger partial charge on any atom is -0.457 e. The molecule has 0 radical (unpaired) electrons. The summed E-state index contributed by atoms with van der Waals surface area (Å²) in [4.78, 5) is 4.05. The summed E-state index contributed by atoms with van der Waals surface area (Å²) in [5.74, 6) is 7.46. The molecule has 0 amide bonds. The third-order valence-corrected chi connectivity index (χ3v) is 3.15. The number of hydrogen-bond donors (Lipinski definition) is 2. The summed E-state index contributed by atoms with van der Waals surface area (Å²) in [6.45, 7) is 8.65. The average molecular weight is 271 g/mol. The number of ether oxygens (including phenoxy) is 1. The molecule has 1 heterocycles. The fraction of sp³-hybridized carbons (Fsp3) is 0.312. The van der Waals surface area contributed by atoms with Crippen molar-refractivity contribution in [2.75, 3.05) is 5.43 Å². The summed E-state index contributed by atoms with van der Waals surface area (Å²) < 4.78 is 5.88. The van der Waals surface area contributed by atoms with Crippen LogP contribution in [0.2, 0.25) is 0 Å². The van der Waals surface area contributed by atoms with Gasteiger partial charge < -0.3 is 10.2 Å². The average Bonchev–Trinajstić information content (AvgIpc) is 2.40. The second kappa shape index (κ2) is 5.51. The van der Waals surface area contributed by atoms with Gasteiger partial charge in [0.1, 0.15) is 17.3 Å². The Morgan fingerprint density at radius 2 is 1.90 bits per heavy atom. The van der Waals surface area contributed by atoms with Crippen LogP contribution in [-0.2, 0) is 5.41 Å². The molecule has 0 aliphatic heterocycles. The molecule has 0 unspecified atom stereocenters. The van der Waals surface area contributed by atoms with Crippen LogP contribution in [0.4, 0.5) is 5.82 Å². The van der Waals surface area contributed by atoms with Crippen molar-refractivity contribution in [1.29, 1.82) is 0 Å². The summed E-state index contributed by atoms with van der Waals surface area (Å²) in [6, 6.07) is 9.84. The van der Waals surface area contributed by atoms with E-state index >= 15 is 0 Å². The van der Waals surface area contributed by atoms with Gasteiger partial charge in [-0.2, -0.15) is 0 Å². The molecule has 0 saturated carbocycles. The predicted molar refractivity (Wildman–Crippen MR) is 82.0 cm³/mol. The zero-order chi connectivity index (χ0) is 14.8. The fourth-order valence-corrected chi connectivity index (χ4v) is 1.91. The highest BCUT2D eigenvalue weighted by molar-refractivity contribution is 5.44. The maximum atomic E-state index is 5.88. The molecule has 20 heavy (non-hydrogen) atoms.